The van der Waals surface area contributed by atoms with Gasteiger partial charge in [-0.1, -0.05) is 18.2 Å². The third-order valence-corrected chi connectivity index (χ3v) is 3.77. The normalized spacial score (nSPS) is 19.1. The number of nitrogens with zero attached hydrogens (tertiary/aromatic N) is 2. The van der Waals surface area contributed by atoms with Crippen molar-refractivity contribution in [3.05, 3.63) is 35.6 Å². The molecule has 0 aliphatic carbocycles. The molecule has 4 nitrogen and oxygen atoms in total. The van der Waals surface area contributed by atoms with Crippen LogP contribution in [0.15, 0.2) is 24.3 Å². The minimum atomic E-state index is -0.762. The predicted molar refractivity (Wildman–Crippen MR) is 76.1 cm³/mol. The average molecular weight is 282 g/mol. The monoisotopic (exact) mass is 282 g/mol. The molecule has 0 spiro atoms. The standard InChI is InChI=1S/C15H23FN2O2/c1-20-11-10-17-6-8-18(9-7-17)12-15(19)13-4-2-3-5-14(13)16/h2-5,15,19H,6-12H2,1H3/t15-/m1/s1. The first kappa shape index (κ1) is 15.4. The van der Waals surface area contributed by atoms with Crippen molar-refractivity contribution >= 4 is 0 Å². The first-order valence-electron chi connectivity index (χ1n) is 7.07. The van der Waals surface area contributed by atoms with Crippen LogP contribution in [0.5, 0.6) is 0 Å². The van der Waals surface area contributed by atoms with Crippen molar-refractivity contribution in [3.8, 4) is 0 Å². The van der Waals surface area contributed by atoms with E-state index in [2.05, 4.69) is 9.80 Å². The van der Waals surface area contributed by atoms with Crippen LogP contribution in [0.25, 0.3) is 0 Å². The minimum absolute atomic E-state index is 0.335. The summed E-state index contributed by atoms with van der Waals surface area (Å²) in [6.45, 7) is 5.91. The molecule has 1 aliphatic heterocycles. The van der Waals surface area contributed by atoms with Crippen LogP contribution < -0.4 is 0 Å². The number of β-amino-alcohol motifs (C(OH)–C–C–N with tert-alkyl or cyclic N) is 1. The molecule has 1 atom stereocenters. The number of rotatable bonds is 6. The van der Waals surface area contributed by atoms with Gasteiger partial charge in [-0.25, -0.2) is 4.39 Å². The van der Waals surface area contributed by atoms with Crippen molar-refractivity contribution in [3.63, 3.8) is 0 Å². The highest BCUT2D eigenvalue weighted by Crippen LogP contribution is 2.18. The highest BCUT2D eigenvalue weighted by molar-refractivity contribution is 5.20. The summed E-state index contributed by atoms with van der Waals surface area (Å²) < 4.78 is 18.7. The molecule has 0 aromatic heterocycles. The van der Waals surface area contributed by atoms with Gasteiger partial charge in [0.25, 0.3) is 0 Å². The smallest absolute Gasteiger partial charge is 0.129 e. The number of aliphatic hydroxyl groups excluding tert-OH is 1. The summed E-state index contributed by atoms with van der Waals surface area (Å²) in [5.41, 5.74) is 0.384. The lowest BCUT2D eigenvalue weighted by Gasteiger charge is -2.35. The fraction of sp³-hybridized carbons (Fsp3) is 0.600. The highest BCUT2D eigenvalue weighted by Gasteiger charge is 2.20. The summed E-state index contributed by atoms with van der Waals surface area (Å²) in [5.74, 6) is -0.335. The van der Waals surface area contributed by atoms with Gasteiger partial charge >= 0.3 is 0 Å². The molecular formula is C15H23FN2O2. The topological polar surface area (TPSA) is 35.9 Å². The number of hydrogen-bond donors (Lipinski definition) is 1. The maximum atomic E-state index is 13.6. The summed E-state index contributed by atoms with van der Waals surface area (Å²) >= 11 is 0. The zero-order chi connectivity index (χ0) is 14.4. The quantitative estimate of drug-likeness (QED) is 0.848. The fourth-order valence-corrected chi connectivity index (χ4v) is 2.50. The predicted octanol–water partition coefficient (Wildman–Crippen LogP) is 1.12. The summed E-state index contributed by atoms with van der Waals surface area (Å²) in [7, 11) is 1.71. The summed E-state index contributed by atoms with van der Waals surface area (Å²) in [6, 6.07) is 6.43. The maximum Gasteiger partial charge on any atom is 0.129 e. The van der Waals surface area contributed by atoms with Gasteiger partial charge in [0.05, 0.1) is 12.7 Å². The lowest BCUT2D eigenvalue weighted by Crippen LogP contribution is -2.48. The van der Waals surface area contributed by atoms with Crippen LogP contribution in [0.3, 0.4) is 0 Å². The second-order valence-corrected chi connectivity index (χ2v) is 5.17. The van der Waals surface area contributed by atoms with E-state index in [0.717, 1.165) is 39.3 Å². The molecule has 1 fully saturated rings. The van der Waals surface area contributed by atoms with Crippen LogP contribution in [-0.4, -0.2) is 67.9 Å². The van der Waals surface area contributed by atoms with Gasteiger partial charge in [0, 0.05) is 51.9 Å². The number of piperazine rings is 1. The third kappa shape index (κ3) is 4.24. The van der Waals surface area contributed by atoms with E-state index >= 15 is 0 Å². The van der Waals surface area contributed by atoms with E-state index in [1.165, 1.54) is 6.07 Å². The van der Waals surface area contributed by atoms with Crippen LogP contribution in [0.1, 0.15) is 11.7 Å². The molecule has 0 radical (unpaired) electrons. The van der Waals surface area contributed by atoms with Crippen LogP contribution in [0.4, 0.5) is 4.39 Å². The molecule has 0 saturated carbocycles. The molecule has 0 unspecified atom stereocenters. The highest BCUT2D eigenvalue weighted by atomic mass is 19.1. The Hall–Kier alpha value is -1.01. The van der Waals surface area contributed by atoms with Crippen molar-refractivity contribution in [1.29, 1.82) is 0 Å². The Morgan fingerprint density at radius 2 is 1.85 bits per heavy atom. The lowest BCUT2D eigenvalue weighted by molar-refractivity contribution is 0.0599. The number of methoxy groups -OCH3 is 1. The van der Waals surface area contributed by atoms with Crippen LogP contribution in [-0.2, 0) is 4.74 Å². The van der Waals surface area contributed by atoms with Crippen molar-refractivity contribution in [2.45, 2.75) is 6.10 Å². The Labute approximate surface area is 119 Å². The zero-order valence-corrected chi connectivity index (χ0v) is 12.0. The van der Waals surface area contributed by atoms with Gasteiger partial charge in [0.1, 0.15) is 5.82 Å². The van der Waals surface area contributed by atoms with Gasteiger partial charge in [-0.3, -0.25) is 9.80 Å². The molecule has 0 bridgehead atoms. The largest absolute Gasteiger partial charge is 0.387 e. The van der Waals surface area contributed by atoms with Gasteiger partial charge in [-0.15, -0.1) is 0 Å². The van der Waals surface area contributed by atoms with E-state index in [1.807, 2.05) is 0 Å². The van der Waals surface area contributed by atoms with E-state index in [4.69, 9.17) is 4.74 Å². The van der Waals surface area contributed by atoms with E-state index in [0.29, 0.717) is 12.1 Å². The molecule has 1 aromatic carbocycles. The van der Waals surface area contributed by atoms with E-state index in [1.54, 1.807) is 25.3 Å². The van der Waals surface area contributed by atoms with Crippen molar-refractivity contribution in [2.75, 3.05) is 53.0 Å². The average Bonchev–Trinajstić information content (AvgIpc) is 2.47. The van der Waals surface area contributed by atoms with E-state index in [9.17, 15) is 9.50 Å². The van der Waals surface area contributed by atoms with Crippen LogP contribution in [0, 0.1) is 5.82 Å². The molecule has 1 heterocycles. The van der Waals surface area contributed by atoms with Crippen molar-refractivity contribution < 1.29 is 14.2 Å². The second-order valence-electron chi connectivity index (χ2n) is 5.17. The molecule has 5 heteroatoms. The number of aliphatic hydroxyl groups is 1. The fourth-order valence-electron chi connectivity index (χ4n) is 2.50. The first-order chi connectivity index (χ1) is 9.70. The molecule has 1 saturated heterocycles. The van der Waals surface area contributed by atoms with Crippen molar-refractivity contribution in [2.24, 2.45) is 0 Å². The van der Waals surface area contributed by atoms with Gasteiger partial charge < -0.3 is 9.84 Å². The molecule has 1 aliphatic rings. The van der Waals surface area contributed by atoms with Crippen molar-refractivity contribution in [1.82, 2.24) is 9.80 Å². The summed E-state index contributed by atoms with van der Waals surface area (Å²) in [4.78, 5) is 4.52. The Bertz CT molecular complexity index is 409. The Morgan fingerprint density at radius 3 is 2.50 bits per heavy atom. The number of benzene rings is 1. The molecule has 20 heavy (non-hydrogen) atoms. The van der Waals surface area contributed by atoms with Gasteiger partial charge in [0.2, 0.25) is 0 Å². The first-order valence-corrected chi connectivity index (χ1v) is 7.07. The zero-order valence-electron chi connectivity index (χ0n) is 12.0. The Balaban J connectivity index is 1.79. The number of hydrogen-bond acceptors (Lipinski definition) is 4. The van der Waals surface area contributed by atoms with E-state index < -0.39 is 6.10 Å². The van der Waals surface area contributed by atoms with Gasteiger partial charge in [0.15, 0.2) is 0 Å². The molecule has 1 N–H and O–H groups in total. The second kappa shape index (κ2) is 7.69. The maximum absolute atomic E-state index is 13.6. The summed E-state index contributed by atoms with van der Waals surface area (Å²) in [5, 5.41) is 10.1. The van der Waals surface area contributed by atoms with Gasteiger partial charge in [-0.05, 0) is 6.07 Å². The number of halogens is 1. The summed E-state index contributed by atoms with van der Waals surface area (Å²) in [6.07, 6.45) is -0.762. The molecule has 2 rings (SSSR count). The molecular weight excluding hydrogens is 259 g/mol. The van der Waals surface area contributed by atoms with Crippen LogP contribution >= 0.6 is 0 Å². The Kier molecular flexibility index (Phi) is 5.91. The lowest BCUT2D eigenvalue weighted by atomic mass is 10.1. The Morgan fingerprint density at radius 1 is 1.20 bits per heavy atom. The molecule has 1 aromatic rings. The third-order valence-electron chi connectivity index (χ3n) is 3.77. The SMILES string of the molecule is COCCN1CCN(C[C@@H](O)c2ccccc2F)CC1. The van der Waals surface area contributed by atoms with Crippen LogP contribution in [0.2, 0.25) is 0 Å². The van der Waals surface area contributed by atoms with Gasteiger partial charge in [-0.2, -0.15) is 0 Å². The molecule has 0 amide bonds. The van der Waals surface area contributed by atoms with E-state index in [-0.39, 0.29) is 5.82 Å². The molecule has 112 valence electrons. The minimum Gasteiger partial charge on any atom is -0.387 e. The number of ether oxygens (including phenoxy) is 1.